The molecule has 0 radical (unpaired) electrons. The van der Waals surface area contributed by atoms with Gasteiger partial charge < -0.3 is 15.5 Å². The second-order valence-electron chi connectivity index (χ2n) is 5.42. The lowest BCUT2D eigenvalue weighted by atomic mass is 10.2. The summed E-state index contributed by atoms with van der Waals surface area (Å²) in [5, 5.41) is 1.47. The number of rotatable bonds is 12. The predicted molar refractivity (Wildman–Crippen MR) is 107 cm³/mol. The number of nitrogens with zero attached hydrogens (tertiary/aromatic N) is 2. The fraction of sp³-hybridized carbons (Fsp3) is 0.684. The predicted octanol–water partition coefficient (Wildman–Crippen LogP) is 3.54. The van der Waals surface area contributed by atoms with Gasteiger partial charge in [-0.05, 0) is 18.4 Å². The number of unbranched alkanes of at least 4 members (excludes halogenated alkanes) is 3. The number of nitrogens with two attached hydrogens (primary N) is 2. The van der Waals surface area contributed by atoms with Gasteiger partial charge in [0.05, 0.1) is 12.2 Å². The maximum absolute atomic E-state index is 11.6. The van der Waals surface area contributed by atoms with Gasteiger partial charge in [-0.2, -0.15) is 0 Å². The molecule has 0 bridgehead atoms. The SMILES string of the molecule is CC.CC/C=C(\C=NC)CN(N)/C=C(\N)COC(=O)CCCCCC. The van der Waals surface area contributed by atoms with Gasteiger partial charge in [-0.3, -0.25) is 9.79 Å². The van der Waals surface area contributed by atoms with E-state index in [1.165, 1.54) is 5.01 Å². The molecule has 0 saturated carbocycles. The summed E-state index contributed by atoms with van der Waals surface area (Å²) in [5.74, 6) is 5.67. The minimum Gasteiger partial charge on any atom is -0.459 e. The van der Waals surface area contributed by atoms with E-state index in [2.05, 4.69) is 18.8 Å². The molecule has 0 heterocycles. The van der Waals surface area contributed by atoms with Crippen molar-refractivity contribution in [1.82, 2.24) is 5.01 Å². The van der Waals surface area contributed by atoms with E-state index in [4.69, 9.17) is 16.3 Å². The van der Waals surface area contributed by atoms with Gasteiger partial charge in [0.1, 0.15) is 6.61 Å². The fourth-order valence-corrected chi connectivity index (χ4v) is 2.02. The molecule has 0 aromatic carbocycles. The summed E-state index contributed by atoms with van der Waals surface area (Å²) in [5.41, 5.74) is 7.26. The Kier molecular flexibility index (Phi) is 18.8. The Morgan fingerprint density at radius 1 is 1.20 bits per heavy atom. The first-order chi connectivity index (χ1) is 12.0. The molecule has 0 aromatic heterocycles. The van der Waals surface area contributed by atoms with Crippen LogP contribution >= 0.6 is 0 Å². The third-order valence-electron chi connectivity index (χ3n) is 3.09. The number of hydrogen-bond acceptors (Lipinski definition) is 6. The van der Waals surface area contributed by atoms with E-state index in [-0.39, 0.29) is 12.6 Å². The largest absolute Gasteiger partial charge is 0.459 e. The highest BCUT2D eigenvalue weighted by molar-refractivity contribution is 5.78. The summed E-state index contributed by atoms with van der Waals surface area (Å²) in [6.07, 6.45) is 11.0. The van der Waals surface area contributed by atoms with Crippen LogP contribution in [0.4, 0.5) is 0 Å². The smallest absolute Gasteiger partial charge is 0.306 e. The van der Waals surface area contributed by atoms with Gasteiger partial charge in [0.2, 0.25) is 0 Å². The number of allylic oxidation sites excluding steroid dienone is 1. The molecule has 6 heteroatoms. The molecular weight excluding hydrogens is 316 g/mol. The molecule has 0 fully saturated rings. The van der Waals surface area contributed by atoms with Gasteiger partial charge in [-0.15, -0.1) is 0 Å². The summed E-state index contributed by atoms with van der Waals surface area (Å²) < 4.78 is 5.13. The van der Waals surface area contributed by atoms with Crippen LogP contribution in [0.2, 0.25) is 0 Å². The number of esters is 1. The molecule has 0 aliphatic carbocycles. The van der Waals surface area contributed by atoms with Crippen LogP contribution in [0.15, 0.2) is 28.5 Å². The number of hydrazine groups is 1. The summed E-state index contributed by atoms with van der Waals surface area (Å²) in [6, 6.07) is 0. The Morgan fingerprint density at radius 3 is 2.44 bits per heavy atom. The number of aliphatic imine (C=N–C) groups is 1. The molecule has 0 aliphatic rings. The van der Waals surface area contributed by atoms with Crippen molar-refractivity contribution in [2.24, 2.45) is 16.6 Å². The zero-order chi connectivity index (χ0) is 19.5. The maximum atomic E-state index is 11.6. The Balaban J connectivity index is 0. The van der Waals surface area contributed by atoms with Crippen LogP contribution in [0, 0.1) is 0 Å². The first kappa shape index (κ1) is 25.4. The molecule has 0 aromatic rings. The average Bonchev–Trinajstić information content (AvgIpc) is 2.59. The topological polar surface area (TPSA) is 93.9 Å². The van der Waals surface area contributed by atoms with Gasteiger partial charge in [-0.1, -0.05) is 53.0 Å². The molecule has 0 rings (SSSR count). The van der Waals surface area contributed by atoms with E-state index in [9.17, 15) is 4.79 Å². The summed E-state index contributed by atoms with van der Waals surface area (Å²) in [7, 11) is 1.72. The van der Waals surface area contributed by atoms with Crippen LogP contribution in [-0.2, 0) is 9.53 Å². The van der Waals surface area contributed by atoms with Crippen molar-refractivity contribution >= 4 is 12.2 Å². The quantitative estimate of drug-likeness (QED) is 0.184. The molecule has 25 heavy (non-hydrogen) atoms. The van der Waals surface area contributed by atoms with Crippen LogP contribution in [0.3, 0.4) is 0 Å². The van der Waals surface area contributed by atoms with Crippen LogP contribution in [0.25, 0.3) is 0 Å². The van der Waals surface area contributed by atoms with Crippen molar-refractivity contribution in [2.45, 2.75) is 66.2 Å². The van der Waals surface area contributed by atoms with Gasteiger partial charge >= 0.3 is 5.97 Å². The third kappa shape index (κ3) is 16.8. The molecule has 0 aliphatic heterocycles. The Morgan fingerprint density at radius 2 is 1.88 bits per heavy atom. The molecule has 0 atom stereocenters. The summed E-state index contributed by atoms with van der Waals surface area (Å²) in [4.78, 5) is 15.6. The molecule has 4 N–H and O–H groups in total. The van der Waals surface area contributed by atoms with E-state index >= 15 is 0 Å². The monoisotopic (exact) mass is 354 g/mol. The zero-order valence-corrected chi connectivity index (χ0v) is 16.8. The van der Waals surface area contributed by atoms with Crippen molar-refractivity contribution < 1.29 is 9.53 Å². The molecule has 0 saturated heterocycles. The summed E-state index contributed by atoms with van der Waals surface area (Å²) >= 11 is 0. The molecule has 0 spiro atoms. The average molecular weight is 355 g/mol. The highest BCUT2D eigenvalue weighted by atomic mass is 16.5. The van der Waals surface area contributed by atoms with Crippen molar-refractivity contribution in [3.05, 3.63) is 23.5 Å². The molecule has 0 amide bonds. The highest BCUT2D eigenvalue weighted by Crippen LogP contribution is 2.04. The van der Waals surface area contributed by atoms with Crippen molar-refractivity contribution in [2.75, 3.05) is 20.2 Å². The van der Waals surface area contributed by atoms with Crippen LogP contribution in [0.5, 0.6) is 0 Å². The van der Waals surface area contributed by atoms with Crippen molar-refractivity contribution in [1.29, 1.82) is 0 Å². The first-order valence-electron chi connectivity index (χ1n) is 9.27. The van der Waals surface area contributed by atoms with Crippen LogP contribution < -0.4 is 11.6 Å². The van der Waals surface area contributed by atoms with Gasteiger partial charge in [0.15, 0.2) is 0 Å². The van der Waals surface area contributed by atoms with Crippen LogP contribution in [0.1, 0.15) is 66.2 Å². The second kappa shape index (κ2) is 18.5. The Bertz CT molecular complexity index is 418. The molecule has 0 unspecified atom stereocenters. The van der Waals surface area contributed by atoms with E-state index in [1.807, 2.05) is 19.9 Å². The third-order valence-corrected chi connectivity index (χ3v) is 3.09. The molecular formula is C19H38N4O2. The van der Waals surface area contributed by atoms with Crippen molar-refractivity contribution in [3.63, 3.8) is 0 Å². The minimum atomic E-state index is -0.217. The summed E-state index contributed by atoms with van der Waals surface area (Å²) in [6.45, 7) is 8.75. The van der Waals surface area contributed by atoms with Gasteiger partial charge in [0.25, 0.3) is 0 Å². The number of hydrogen-bond donors (Lipinski definition) is 2. The van der Waals surface area contributed by atoms with Gasteiger partial charge in [0, 0.05) is 25.9 Å². The van der Waals surface area contributed by atoms with E-state index in [0.717, 1.165) is 37.7 Å². The molecule has 146 valence electrons. The first-order valence-corrected chi connectivity index (χ1v) is 9.27. The fourth-order valence-electron chi connectivity index (χ4n) is 2.02. The Hall–Kier alpha value is -1.82. The minimum absolute atomic E-state index is 0.0645. The number of carbonyl (C=O) groups is 1. The number of ether oxygens (including phenoxy) is 1. The lowest BCUT2D eigenvalue weighted by molar-refractivity contribution is -0.142. The second-order valence-corrected chi connectivity index (χ2v) is 5.42. The number of carbonyl (C=O) groups excluding carboxylic acids is 1. The van der Waals surface area contributed by atoms with E-state index in [0.29, 0.717) is 18.7 Å². The standard InChI is InChI=1S/C17H32N4O2.C2H6/c1-4-6-7-8-10-17(22)23-14-16(18)13-21(19)12-15(9-5-2)11-20-3;1-2/h9,11,13H,4-8,10,12,14,18-19H2,1-3H3;1-2H3/b15-9+,16-13-,20-11?;. The molecule has 6 nitrogen and oxygen atoms in total. The van der Waals surface area contributed by atoms with E-state index in [1.54, 1.807) is 19.5 Å². The lowest BCUT2D eigenvalue weighted by Crippen LogP contribution is -2.30. The highest BCUT2D eigenvalue weighted by Gasteiger charge is 2.04. The van der Waals surface area contributed by atoms with Crippen molar-refractivity contribution in [3.8, 4) is 0 Å². The maximum Gasteiger partial charge on any atom is 0.306 e. The van der Waals surface area contributed by atoms with E-state index < -0.39 is 0 Å². The Labute approximate surface area is 154 Å². The lowest BCUT2D eigenvalue weighted by Gasteiger charge is -2.15. The van der Waals surface area contributed by atoms with Gasteiger partial charge in [-0.25, -0.2) is 5.84 Å². The van der Waals surface area contributed by atoms with Crippen LogP contribution in [-0.4, -0.2) is 37.4 Å². The zero-order valence-electron chi connectivity index (χ0n) is 16.8. The normalized spacial score (nSPS) is 11.9.